The van der Waals surface area contributed by atoms with Crippen molar-refractivity contribution in [1.82, 2.24) is 5.32 Å². The molecule has 2 aliphatic rings. The minimum absolute atomic E-state index is 0.120. The van der Waals surface area contributed by atoms with Gasteiger partial charge in [-0.25, -0.2) is 9.59 Å². The van der Waals surface area contributed by atoms with E-state index in [9.17, 15) is 14.4 Å². The first-order valence-corrected chi connectivity index (χ1v) is 10.6. The summed E-state index contributed by atoms with van der Waals surface area (Å²) in [6.07, 6.45) is 6.87. The van der Waals surface area contributed by atoms with Crippen molar-refractivity contribution in [2.24, 2.45) is 0 Å². The highest BCUT2D eigenvalue weighted by molar-refractivity contribution is 6.18. The standard InChI is InChI=1S/C23H29NO7/c1-4-28-19-13-15(12-17-21(26)30-23(2,3)31-22(17)27)10-11-18(19)29-14-20(25)24-16-8-6-5-7-9-16/h10-13,16H,4-9,14H2,1-3H3,(H,24,25). The third-order valence-corrected chi connectivity index (χ3v) is 5.02. The van der Waals surface area contributed by atoms with Crippen molar-refractivity contribution in [1.29, 1.82) is 0 Å². The first-order chi connectivity index (χ1) is 14.8. The lowest BCUT2D eigenvalue weighted by atomic mass is 9.95. The molecule has 1 saturated heterocycles. The van der Waals surface area contributed by atoms with Crippen LogP contribution in [-0.2, 0) is 23.9 Å². The van der Waals surface area contributed by atoms with Crippen molar-refractivity contribution in [3.63, 3.8) is 0 Å². The van der Waals surface area contributed by atoms with Gasteiger partial charge in [-0.1, -0.05) is 25.3 Å². The number of hydrogen-bond acceptors (Lipinski definition) is 7. The molecule has 3 rings (SSSR count). The molecule has 2 fully saturated rings. The lowest BCUT2D eigenvalue weighted by Gasteiger charge is -2.29. The van der Waals surface area contributed by atoms with Crippen molar-refractivity contribution >= 4 is 23.9 Å². The van der Waals surface area contributed by atoms with E-state index in [1.54, 1.807) is 18.2 Å². The quantitative estimate of drug-likeness (QED) is 0.402. The number of cyclic esters (lactones) is 2. The van der Waals surface area contributed by atoms with Gasteiger partial charge in [-0.05, 0) is 43.5 Å². The molecule has 0 bridgehead atoms. The zero-order chi connectivity index (χ0) is 22.4. The Morgan fingerprint density at radius 3 is 2.42 bits per heavy atom. The lowest BCUT2D eigenvalue weighted by molar-refractivity contribution is -0.222. The maximum atomic E-state index is 12.2. The Morgan fingerprint density at radius 2 is 1.77 bits per heavy atom. The molecule has 0 radical (unpaired) electrons. The van der Waals surface area contributed by atoms with Crippen LogP contribution in [-0.4, -0.2) is 42.9 Å². The van der Waals surface area contributed by atoms with Crippen LogP contribution in [0.2, 0.25) is 0 Å². The van der Waals surface area contributed by atoms with Crippen molar-refractivity contribution < 1.29 is 33.3 Å². The summed E-state index contributed by atoms with van der Waals surface area (Å²) in [7, 11) is 0. The van der Waals surface area contributed by atoms with Crippen LogP contribution in [0.3, 0.4) is 0 Å². The molecule has 1 amide bonds. The zero-order valence-electron chi connectivity index (χ0n) is 18.2. The summed E-state index contributed by atoms with van der Waals surface area (Å²) in [5, 5.41) is 3.01. The second kappa shape index (κ2) is 9.85. The van der Waals surface area contributed by atoms with Crippen molar-refractivity contribution in [2.75, 3.05) is 13.2 Å². The van der Waals surface area contributed by atoms with E-state index in [1.165, 1.54) is 26.3 Å². The van der Waals surface area contributed by atoms with E-state index in [1.807, 2.05) is 6.92 Å². The molecule has 1 aromatic rings. The zero-order valence-corrected chi connectivity index (χ0v) is 18.2. The largest absolute Gasteiger partial charge is 0.490 e. The van der Waals surface area contributed by atoms with Gasteiger partial charge in [0.15, 0.2) is 18.1 Å². The van der Waals surface area contributed by atoms with Crippen molar-refractivity contribution in [2.45, 2.75) is 64.7 Å². The van der Waals surface area contributed by atoms with Gasteiger partial charge in [-0.3, -0.25) is 4.79 Å². The summed E-state index contributed by atoms with van der Waals surface area (Å²) in [6, 6.07) is 5.13. The predicted molar refractivity (Wildman–Crippen MR) is 112 cm³/mol. The number of nitrogens with one attached hydrogen (secondary N) is 1. The predicted octanol–water partition coefficient (Wildman–Crippen LogP) is 3.13. The number of carbonyl (C=O) groups is 3. The minimum atomic E-state index is -1.29. The topological polar surface area (TPSA) is 100 Å². The average Bonchev–Trinajstić information content (AvgIpc) is 2.70. The van der Waals surface area contributed by atoms with Gasteiger partial charge in [0.1, 0.15) is 5.57 Å². The van der Waals surface area contributed by atoms with E-state index >= 15 is 0 Å². The van der Waals surface area contributed by atoms with Gasteiger partial charge in [-0.15, -0.1) is 0 Å². The molecule has 1 aliphatic heterocycles. The Morgan fingerprint density at radius 1 is 1.10 bits per heavy atom. The molecule has 0 atom stereocenters. The molecule has 1 N–H and O–H groups in total. The Balaban J connectivity index is 1.68. The van der Waals surface area contributed by atoms with E-state index in [-0.39, 0.29) is 24.1 Å². The fraction of sp³-hybridized carbons (Fsp3) is 0.522. The van der Waals surface area contributed by atoms with Gasteiger partial charge in [0.05, 0.1) is 6.61 Å². The molecule has 1 heterocycles. The smallest absolute Gasteiger partial charge is 0.348 e. The third kappa shape index (κ3) is 6.23. The summed E-state index contributed by atoms with van der Waals surface area (Å²) in [4.78, 5) is 36.5. The fourth-order valence-electron chi connectivity index (χ4n) is 3.61. The normalized spacial score (nSPS) is 18.6. The van der Waals surface area contributed by atoms with Crippen LogP contribution in [0.15, 0.2) is 23.8 Å². The number of carbonyl (C=O) groups excluding carboxylic acids is 3. The number of benzene rings is 1. The second-order valence-electron chi connectivity index (χ2n) is 8.07. The van der Waals surface area contributed by atoms with E-state index in [2.05, 4.69) is 5.32 Å². The van der Waals surface area contributed by atoms with Crippen LogP contribution >= 0.6 is 0 Å². The lowest BCUT2D eigenvalue weighted by Crippen LogP contribution is -2.41. The van der Waals surface area contributed by atoms with Gasteiger partial charge in [0.2, 0.25) is 0 Å². The molecule has 1 aliphatic carbocycles. The van der Waals surface area contributed by atoms with Gasteiger partial charge in [0, 0.05) is 19.9 Å². The van der Waals surface area contributed by atoms with E-state index in [4.69, 9.17) is 18.9 Å². The van der Waals surface area contributed by atoms with E-state index in [0.717, 1.165) is 25.7 Å². The highest BCUT2D eigenvalue weighted by Crippen LogP contribution is 2.31. The molecule has 168 valence electrons. The van der Waals surface area contributed by atoms with Gasteiger partial charge < -0.3 is 24.3 Å². The number of ether oxygens (including phenoxy) is 4. The monoisotopic (exact) mass is 431 g/mol. The van der Waals surface area contributed by atoms with Gasteiger partial charge in [-0.2, -0.15) is 0 Å². The molecule has 1 aromatic carbocycles. The van der Waals surface area contributed by atoms with Crippen LogP contribution in [0, 0.1) is 0 Å². The van der Waals surface area contributed by atoms with Crippen molar-refractivity contribution in [3.8, 4) is 11.5 Å². The minimum Gasteiger partial charge on any atom is -0.490 e. The second-order valence-corrected chi connectivity index (χ2v) is 8.07. The summed E-state index contributed by atoms with van der Waals surface area (Å²) in [5.41, 5.74) is 0.327. The number of rotatable bonds is 7. The van der Waals surface area contributed by atoms with Crippen LogP contribution < -0.4 is 14.8 Å². The molecule has 0 unspecified atom stereocenters. The highest BCUT2D eigenvalue weighted by atomic mass is 16.7. The SMILES string of the molecule is CCOc1cc(C=C2C(=O)OC(C)(C)OC2=O)ccc1OCC(=O)NC1CCCCC1. The Bertz CT molecular complexity index is 847. The van der Waals surface area contributed by atoms with Crippen LogP contribution in [0.25, 0.3) is 6.08 Å². The van der Waals surface area contributed by atoms with Crippen molar-refractivity contribution in [3.05, 3.63) is 29.3 Å². The molecule has 8 heteroatoms. The molecule has 1 saturated carbocycles. The van der Waals surface area contributed by atoms with Crippen LogP contribution in [0.1, 0.15) is 58.4 Å². The Hall–Kier alpha value is -3.03. The van der Waals surface area contributed by atoms with E-state index in [0.29, 0.717) is 23.7 Å². The van der Waals surface area contributed by atoms with Gasteiger partial charge in [0.25, 0.3) is 11.7 Å². The van der Waals surface area contributed by atoms with E-state index < -0.39 is 17.7 Å². The first kappa shape index (κ1) is 22.7. The molecule has 0 spiro atoms. The molecule has 31 heavy (non-hydrogen) atoms. The Kier molecular flexibility index (Phi) is 7.20. The maximum absolute atomic E-state index is 12.2. The summed E-state index contributed by atoms with van der Waals surface area (Å²) >= 11 is 0. The number of hydrogen-bond donors (Lipinski definition) is 1. The average molecular weight is 431 g/mol. The van der Waals surface area contributed by atoms with Gasteiger partial charge >= 0.3 is 11.9 Å². The number of amides is 1. The summed E-state index contributed by atoms with van der Waals surface area (Å²) in [5.74, 6) is -2.16. The van der Waals surface area contributed by atoms with Crippen LogP contribution in [0.5, 0.6) is 11.5 Å². The molecular formula is C23H29NO7. The molecule has 0 aromatic heterocycles. The summed E-state index contributed by atoms with van der Waals surface area (Å²) in [6.45, 7) is 5.06. The first-order valence-electron chi connectivity index (χ1n) is 10.6. The van der Waals surface area contributed by atoms with Crippen LogP contribution in [0.4, 0.5) is 0 Å². The number of esters is 2. The summed E-state index contributed by atoms with van der Waals surface area (Å²) < 4.78 is 21.5. The highest BCUT2D eigenvalue weighted by Gasteiger charge is 2.38. The maximum Gasteiger partial charge on any atom is 0.348 e. The fourth-order valence-corrected chi connectivity index (χ4v) is 3.61. The third-order valence-electron chi connectivity index (χ3n) is 5.02. The Labute approximate surface area is 181 Å². The molecular weight excluding hydrogens is 402 g/mol. The molecule has 8 nitrogen and oxygen atoms in total.